The summed E-state index contributed by atoms with van der Waals surface area (Å²) in [6.45, 7) is 1.08. The number of hydrogen-bond acceptors (Lipinski definition) is 2. The van der Waals surface area contributed by atoms with E-state index in [1.807, 2.05) is 13.1 Å². The molecule has 0 amide bonds. The van der Waals surface area contributed by atoms with Gasteiger partial charge < -0.3 is 10.1 Å². The minimum atomic E-state index is 0.403. The Labute approximate surface area is 85.3 Å². The number of benzene rings is 1. The maximum Gasteiger partial charge on any atom is 0.123 e. The first-order valence-corrected chi connectivity index (χ1v) is 5.29. The smallest absolute Gasteiger partial charge is 0.123 e. The molecule has 14 heavy (non-hydrogen) atoms. The molecule has 0 aliphatic carbocycles. The Hall–Kier alpha value is -1.02. The molecule has 1 heterocycles. The average molecular weight is 191 g/mol. The minimum absolute atomic E-state index is 0.403. The highest BCUT2D eigenvalue weighted by atomic mass is 16.5. The van der Waals surface area contributed by atoms with Crippen LogP contribution in [0.2, 0.25) is 0 Å². The standard InChI is InChI=1S/C12H17NO/c1-13-8-4-6-11-9-10-5-2-3-7-12(10)14-11/h2-3,5,7,11,13H,4,6,8-9H2,1H3. The molecule has 76 valence electrons. The molecule has 1 aromatic carbocycles. The van der Waals surface area contributed by atoms with Crippen LogP contribution >= 0.6 is 0 Å². The van der Waals surface area contributed by atoms with E-state index in [9.17, 15) is 0 Å². The molecule has 1 atom stereocenters. The van der Waals surface area contributed by atoms with Crippen molar-refractivity contribution in [3.05, 3.63) is 29.8 Å². The van der Waals surface area contributed by atoms with E-state index < -0.39 is 0 Å². The summed E-state index contributed by atoms with van der Waals surface area (Å²) in [4.78, 5) is 0. The summed E-state index contributed by atoms with van der Waals surface area (Å²) in [5.74, 6) is 1.09. The summed E-state index contributed by atoms with van der Waals surface area (Å²) < 4.78 is 5.83. The molecule has 0 aromatic heterocycles. The van der Waals surface area contributed by atoms with Crippen molar-refractivity contribution in [2.45, 2.75) is 25.4 Å². The van der Waals surface area contributed by atoms with Crippen LogP contribution in [0.1, 0.15) is 18.4 Å². The molecule has 1 aromatic rings. The lowest BCUT2D eigenvalue weighted by atomic mass is 10.1. The molecule has 0 fully saturated rings. The second-order valence-electron chi connectivity index (χ2n) is 3.80. The zero-order valence-corrected chi connectivity index (χ0v) is 8.62. The Morgan fingerprint density at radius 2 is 2.29 bits per heavy atom. The van der Waals surface area contributed by atoms with Crippen LogP contribution in [0.15, 0.2) is 24.3 Å². The molecule has 0 bridgehead atoms. The van der Waals surface area contributed by atoms with Gasteiger partial charge in [-0.25, -0.2) is 0 Å². The Kier molecular flexibility index (Phi) is 3.04. The second-order valence-corrected chi connectivity index (χ2v) is 3.80. The fourth-order valence-electron chi connectivity index (χ4n) is 1.92. The van der Waals surface area contributed by atoms with Crippen molar-refractivity contribution in [1.29, 1.82) is 0 Å². The summed E-state index contributed by atoms with van der Waals surface area (Å²) in [6.07, 6.45) is 3.82. The monoisotopic (exact) mass is 191 g/mol. The van der Waals surface area contributed by atoms with Gasteiger partial charge in [-0.15, -0.1) is 0 Å². The van der Waals surface area contributed by atoms with Crippen molar-refractivity contribution in [3.8, 4) is 5.75 Å². The molecule has 2 nitrogen and oxygen atoms in total. The zero-order valence-electron chi connectivity index (χ0n) is 8.62. The van der Waals surface area contributed by atoms with Crippen molar-refractivity contribution in [2.24, 2.45) is 0 Å². The summed E-state index contributed by atoms with van der Waals surface area (Å²) in [5, 5.41) is 3.16. The van der Waals surface area contributed by atoms with E-state index in [0.29, 0.717) is 6.10 Å². The fraction of sp³-hybridized carbons (Fsp3) is 0.500. The van der Waals surface area contributed by atoms with Gasteiger partial charge in [-0.3, -0.25) is 0 Å². The molecule has 0 saturated heterocycles. The molecule has 2 heteroatoms. The molecule has 1 aliphatic heterocycles. The zero-order chi connectivity index (χ0) is 9.80. The van der Waals surface area contributed by atoms with Crippen molar-refractivity contribution in [1.82, 2.24) is 5.32 Å². The molecule has 2 rings (SSSR count). The molecule has 1 aliphatic rings. The van der Waals surface area contributed by atoms with Gasteiger partial charge in [0.2, 0.25) is 0 Å². The normalized spacial score (nSPS) is 19.1. The summed E-state index contributed by atoms with van der Waals surface area (Å²) in [6, 6.07) is 8.34. The fourth-order valence-corrected chi connectivity index (χ4v) is 1.92. The van der Waals surface area contributed by atoms with Crippen LogP contribution in [0.3, 0.4) is 0 Å². The lowest BCUT2D eigenvalue weighted by Crippen LogP contribution is -2.16. The molecule has 1 unspecified atom stereocenters. The van der Waals surface area contributed by atoms with E-state index in [1.54, 1.807) is 0 Å². The molecular formula is C12H17NO. The van der Waals surface area contributed by atoms with Gasteiger partial charge in [-0.2, -0.15) is 0 Å². The molecular weight excluding hydrogens is 174 g/mol. The van der Waals surface area contributed by atoms with Crippen molar-refractivity contribution in [3.63, 3.8) is 0 Å². The number of ether oxygens (including phenoxy) is 1. The van der Waals surface area contributed by atoms with Crippen LogP contribution in [-0.4, -0.2) is 19.7 Å². The Bertz CT molecular complexity index is 273. The number of rotatable bonds is 4. The van der Waals surface area contributed by atoms with Crippen molar-refractivity contribution >= 4 is 0 Å². The summed E-state index contributed by atoms with van der Waals surface area (Å²) in [7, 11) is 1.99. The predicted molar refractivity (Wildman–Crippen MR) is 57.7 cm³/mol. The van der Waals surface area contributed by atoms with Gasteiger partial charge in [0.25, 0.3) is 0 Å². The number of nitrogens with one attached hydrogen (secondary N) is 1. The van der Waals surface area contributed by atoms with Crippen LogP contribution < -0.4 is 10.1 Å². The number of fused-ring (bicyclic) bond motifs is 1. The summed E-state index contributed by atoms with van der Waals surface area (Å²) >= 11 is 0. The topological polar surface area (TPSA) is 21.3 Å². The van der Waals surface area contributed by atoms with Crippen molar-refractivity contribution in [2.75, 3.05) is 13.6 Å². The van der Waals surface area contributed by atoms with E-state index in [2.05, 4.69) is 23.5 Å². The van der Waals surface area contributed by atoms with Gasteiger partial charge in [0, 0.05) is 6.42 Å². The quantitative estimate of drug-likeness (QED) is 0.735. The average Bonchev–Trinajstić information content (AvgIpc) is 2.60. The van der Waals surface area contributed by atoms with Gasteiger partial charge in [0.15, 0.2) is 0 Å². The van der Waals surface area contributed by atoms with Crippen molar-refractivity contribution < 1.29 is 4.74 Å². The lowest BCUT2D eigenvalue weighted by Gasteiger charge is -2.09. The van der Waals surface area contributed by atoms with Gasteiger partial charge in [-0.1, -0.05) is 18.2 Å². The first-order chi connectivity index (χ1) is 6.90. The SMILES string of the molecule is CNCCCC1Cc2ccccc2O1. The largest absolute Gasteiger partial charge is 0.490 e. The minimum Gasteiger partial charge on any atom is -0.490 e. The Balaban J connectivity index is 1.86. The first kappa shape index (κ1) is 9.53. The molecule has 0 radical (unpaired) electrons. The molecule has 0 saturated carbocycles. The van der Waals surface area contributed by atoms with Crippen LogP contribution in [0, 0.1) is 0 Å². The van der Waals surface area contributed by atoms with Crippen LogP contribution in [0.4, 0.5) is 0 Å². The van der Waals surface area contributed by atoms with E-state index in [1.165, 1.54) is 12.0 Å². The third-order valence-electron chi connectivity index (χ3n) is 2.67. The Morgan fingerprint density at radius 3 is 3.07 bits per heavy atom. The number of hydrogen-bond donors (Lipinski definition) is 1. The molecule has 1 N–H and O–H groups in total. The maximum atomic E-state index is 5.83. The van der Waals surface area contributed by atoms with Gasteiger partial charge in [-0.05, 0) is 38.1 Å². The van der Waals surface area contributed by atoms with Gasteiger partial charge >= 0.3 is 0 Å². The van der Waals surface area contributed by atoms with Crippen LogP contribution in [0.25, 0.3) is 0 Å². The molecule has 0 spiro atoms. The summed E-state index contributed by atoms with van der Waals surface area (Å²) in [5.41, 5.74) is 1.36. The van der Waals surface area contributed by atoms with E-state index in [-0.39, 0.29) is 0 Å². The second kappa shape index (κ2) is 4.47. The van der Waals surface area contributed by atoms with Gasteiger partial charge in [0.05, 0.1) is 0 Å². The van der Waals surface area contributed by atoms with Crippen LogP contribution in [-0.2, 0) is 6.42 Å². The van der Waals surface area contributed by atoms with E-state index >= 15 is 0 Å². The van der Waals surface area contributed by atoms with Gasteiger partial charge in [0.1, 0.15) is 11.9 Å². The van der Waals surface area contributed by atoms with E-state index in [4.69, 9.17) is 4.74 Å². The first-order valence-electron chi connectivity index (χ1n) is 5.29. The Morgan fingerprint density at radius 1 is 1.43 bits per heavy atom. The number of para-hydroxylation sites is 1. The maximum absolute atomic E-state index is 5.83. The predicted octanol–water partition coefficient (Wildman–Crippen LogP) is 1.99. The highest BCUT2D eigenvalue weighted by Crippen LogP contribution is 2.29. The third-order valence-corrected chi connectivity index (χ3v) is 2.67. The van der Waals surface area contributed by atoms with Crippen LogP contribution in [0.5, 0.6) is 5.75 Å². The lowest BCUT2D eigenvalue weighted by molar-refractivity contribution is 0.218. The highest BCUT2D eigenvalue weighted by molar-refractivity contribution is 5.37. The third kappa shape index (κ3) is 2.07. The highest BCUT2D eigenvalue weighted by Gasteiger charge is 2.21. The van der Waals surface area contributed by atoms with E-state index in [0.717, 1.165) is 25.1 Å².